The Balaban J connectivity index is 0.00000280. The number of nitrogens with zero attached hydrogens (tertiary/aromatic N) is 4. The standard InChI is InChI=1S/C18H21FN4O2S2.ClH/c1-11-15(10-22(3)4)12(2)23-17(20-11)16(18(21-23)26-5)27(24,25)14-8-6-7-13(19)9-14;/h6-9H,10H2,1-5H3;1H. The van der Waals surface area contributed by atoms with Crippen molar-refractivity contribution in [2.24, 2.45) is 0 Å². The van der Waals surface area contributed by atoms with Crippen LogP contribution >= 0.6 is 24.2 Å². The van der Waals surface area contributed by atoms with Gasteiger partial charge in [-0.05, 0) is 52.4 Å². The molecule has 2 aromatic heterocycles. The highest BCUT2D eigenvalue weighted by atomic mass is 35.5. The molecule has 6 nitrogen and oxygen atoms in total. The third-order valence-electron chi connectivity index (χ3n) is 4.30. The predicted molar refractivity (Wildman–Crippen MR) is 111 cm³/mol. The van der Waals surface area contributed by atoms with Crippen molar-refractivity contribution < 1.29 is 12.8 Å². The van der Waals surface area contributed by atoms with Crippen LogP contribution in [-0.4, -0.2) is 48.3 Å². The summed E-state index contributed by atoms with van der Waals surface area (Å²) in [6, 6.07) is 4.99. The molecule has 0 saturated carbocycles. The Hall–Kier alpha value is -1.68. The molecule has 152 valence electrons. The zero-order valence-electron chi connectivity index (χ0n) is 16.2. The molecule has 28 heavy (non-hydrogen) atoms. The minimum absolute atomic E-state index is 0. The molecular weight excluding hydrogens is 423 g/mol. The van der Waals surface area contributed by atoms with Crippen LogP contribution in [0.15, 0.2) is 39.1 Å². The van der Waals surface area contributed by atoms with Gasteiger partial charge in [-0.15, -0.1) is 24.2 Å². The van der Waals surface area contributed by atoms with Gasteiger partial charge in [0, 0.05) is 23.5 Å². The molecule has 1 aromatic carbocycles. The van der Waals surface area contributed by atoms with Crippen LogP contribution in [0.4, 0.5) is 4.39 Å². The second-order valence-electron chi connectivity index (χ2n) is 6.53. The van der Waals surface area contributed by atoms with Crippen molar-refractivity contribution in [2.45, 2.75) is 35.2 Å². The number of thioether (sulfide) groups is 1. The van der Waals surface area contributed by atoms with Crippen LogP contribution in [0.5, 0.6) is 0 Å². The van der Waals surface area contributed by atoms with Crippen LogP contribution in [0.2, 0.25) is 0 Å². The molecule has 0 bridgehead atoms. The third kappa shape index (κ3) is 3.89. The molecule has 0 fully saturated rings. The summed E-state index contributed by atoms with van der Waals surface area (Å²) in [6.07, 6.45) is 1.76. The fourth-order valence-corrected chi connectivity index (χ4v) is 5.41. The minimum Gasteiger partial charge on any atom is -0.305 e. The van der Waals surface area contributed by atoms with Crippen molar-refractivity contribution in [3.63, 3.8) is 0 Å². The Kier molecular flexibility index (Phi) is 6.75. The number of halogens is 2. The number of aryl methyl sites for hydroxylation is 2. The van der Waals surface area contributed by atoms with Gasteiger partial charge >= 0.3 is 0 Å². The molecule has 0 aliphatic carbocycles. The highest BCUT2D eigenvalue weighted by Gasteiger charge is 2.30. The van der Waals surface area contributed by atoms with Gasteiger partial charge in [0.2, 0.25) is 9.84 Å². The van der Waals surface area contributed by atoms with Crippen LogP contribution in [0.3, 0.4) is 0 Å². The Labute approximate surface area is 174 Å². The van der Waals surface area contributed by atoms with Gasteiger partial charge in [0.05, 0.1) is 4.90 Å². The molecule has 10 heteroatoms. The Morgan fingerprint density at radius 1 is 1.25 bits per heavy atom. The van der Waals surface area contributed by atoms with E-state index in [9.17, 15) is 12.8 Å². The second-order valence-corrected chi connectivity index (χ2v) is 9.22. The second kappa shape index (κ2) is 8.36. The lowest BCUT2D eigenvalue weighted by atomic mass is 10.1. The van der Waals surface area contributed by atoms with Crippen molar-refractivity contribution in [3.05, 3.63) is 47.0 Å². The van der Waals surface area contributed by atoms with Gasteiger partial charge in [0.25, 0.3) is 0 Å². The molecule has 0 spiro atoms. The first-order chi connectivity index (χ1) is 12.7. The lowest BCUT2D eigenvalue weighted by Gasteiger charge is -2.15. The van der Waals surface area contributed by atoms with E-state index in [1.165, 1.54) is 30.0 Å². The summed E-state index contributed by atoms with van der Waals surface area (Å²) in [6.45, 7) is 4.42. The van der Waals surface area contributed by atoms with Crippen LogP contribution in [0.25, 0.3) is 5.65 Å². The number of fused-ring (bicyclic) bond motifs is 1. The maximum Gasteiger partial charge on any atom is 0.213 e. The van der Waals surface area contributed by atoms with E-state index in [2.05, 4.69) is 10.1 Å². The number of sulfone groups is 1. The highest BCUT2D eigenvalue weighted by molar-refractivity contribution is 7.99. The molecule has 3 aromatic rings. The largest absolute Gasteiger partial charge is 0.305 e. The summed E-state index contributed by atoms with van der Waals surface area (Å²) in [5, 5.41) is 4.82. The zero-order valence-corrected chi connectivity index (χ0v) is 18.7. The van der Waals surface area contributed by atoms with Gasteiger partial charge in [-0.3, -0.25) is 0 Å². The lowest BCUT2D eigenvalue weighted by molar-refractivity contribution is 0.398. The number of aromatic nitrogens is 3. The van der Waals surface area contributed by atoms with Crippen molar-refractivity contribution in [2.75, 3.05) is 20.4 Å². The molecule has 0 saturated heterocycles. The van der Waals surface area contributed by atoms with E-state index in [0.29, 0.717) is 11.6 Å². The summed E-state index contributed by atoms with van der Waals surface area (Å²) in [7, 11) is -0.0587. The van der Waals surface area contributed by atoms with E-state index in [1.54, 1.807) is 10.8 Å². The van der Waals surface area contributed by atoms with E-state index < -0.39 is 15.7 Å². The minimum atomic E-state index is -3.97. The monoisotopic (exact) mass is 444 g/mol. The molecule has 0 radical (unpaired) electrons. The summed E-state index contributed by atoms with van der Waals surface area (Å²) in [5.41, 5.74) is 2.85. The Morgan fingerprint density at radius 2 is 1.93 bits per heavy atom. The van der Waals surface area contributed by atoms with Crippen LogP contribution < -0.4 is 0 Å². The van der Waals surface area contributed by atoms with Gasteiger partial charge in [-0.25, -0.2) is 22.3 Å². The first kappa shape index (κ1) is 22.6. The Morgan fingerprint density at radius 3 is 2.50 bits per heavy atom. The van der Waals surface area contributed by atoms with E-state index in [0.717, 1.165) is 23.0 Å². The summed E-state index contributed by atoms with van der Waals surface area (Å²) in [5.74, 6) is -0.605. The maximum absolute atomic E-state index is 13.6. The van der Waals surface area contributed by atoms with Crippen molar-refractivity contribution >= 4 is 39.7 Å². The van der Waals surface area contributed by atoms with Gasteiger partial charge in [-0.2, -0.15) is 5.10 Å². The first-order valence-corrected chi connectivity index (χ1v) is 11.0. The summed E-state index contributed by atoms with van der Waals surface area (Å²) < 4.78 is 41.7. The van der Waals surface area contributed by atoms with E-state index in [-0.39, 0.29) is 27.8 Å². The fraction of sp³-hybridized carbons (Fsp3) is 0.333. The first-order valence-electron chi connectivity index (χ1n) is 8.25. The number of rotatable bonds is 5. The number of hydrogen-bond donors (Lipinski definition) is 0. The normalized spacial score (nSPS) is 11.8. The van der Waals surface area contributed by atoms with Crippen molar-refractivity contribution in [1.82, 2.24) is 19.5 Å². The van der Waals surface area contributed by atoms with Gasteiger partial charge in [0.1, 0.15) is 10.8 Å². The van der Waals surface area contributed by atoms with Gasteiger partial charge in [0.15, 0.2) is 10.5 Å². The molecule has 0 unspecified atom stereocenters. The molecule has 0 N–H and O–H groups in total. The summed E-state index contributed by atoms with van der Waals surface area (Å²) >= 11 is 1.23. The topological polar surface area (TPSA) is 67.6 Å². The predicted octanol–water partition coefficient (Wildman–Crippen LogP) is 3.52. The number of benzene rings is 1. The summed E-state index contributed by atoms with van der Waals surface area (Å²) in [4.78, 5) is 6.49. The van der Waals surface area contributed by atoms with Crippen molar-refractivity contribution in [3.8, 4) is 0 Å². The fourth-order valence-electron chi connectivity index (χ4n) is 2.99. The molecule has 0 amide bonds. The molecular formula is C18H22ClFN4O2S2. The van der Waals surface area contributed by atoms with Crippen LogP contribution in [0.1, 0.15) is 17.0 Å². The molecule has 3 rings (SSSR count). The average molecular weight is 445 g/mol. The maximum atomic E-state index is 13.6. The van der Waals surface area contributed by atoms with Gasteiger partial charge in [-0.1, -0.05) is 6.07 Å². The van der Waals surface area contributed by atoms with E-state index >= 15 is 0 Å². The smallest absolute Gasteiger partial charge is 0.213 e. The van der Waals surface area contributed by atoms with Gasteiger partial charge < -0.3 is 4.90 Å². The molecule has 0 aliphatic heterocycles. The number of hydrogen-bond acceptors (Lipinski definition) is 6. The zero-order chi connectivity index (χ0) is 19.9. The van der Waals surface area contributed by atoms with E-state index in [4.69, 9.17) is 0 Å². The van der Waals surface area contributed by atoms with Crippen LogP contribution in [0, 0.1) is 19.7 Å². The highest BCUT2D eigenvalue weighted by Crippen LogP contribution is 2.33. The quantitative estimate of drug-likeness (QED) is 0.561. The third-order valence-corrected chi connectivity index (χ3v) is 6.89. The molecule has 0 atom stereocenters. The lowest BCUT2D eigenvalue weighted by Crippen LogP contribution is -2.16. The average Bonchev–Trinajstić information content (AvgIpc) is 2.97. The van der Waals surface area contributed by atoms with Crippen LogP contribution in [-0.2, 0) is 16.4 Å². The molecule has 2 heterocycles. The van der Waals surface area contributed by atoms with Crippen molar-refractivity contribution in [1.29, 1.82) is 0 Å². The Bertz CT molecular complexity index is 1130. The molecule has 0 aliphatic rings. The van der Waals surface area contributed by atoms with E-state index in [1.807, 2.05) is 32.8 Å². The SMILES string of the molecule is CSc1nn2c(C)c(CN(C)C)c(C)nc2c1S(=O)(=O)c1cccc(F)c1.Cl.